The highest BCUT2D eigenvalue weighted by molar-refractivity contribution is 7.80. The van der Waals surface area contributed by atoms with E-state index in [-0.39, 0.29) is 6.61 Å². The van der Waals surface area contributed by atoms with E-state index in [1.54, 1.807) is 19.1 Å². The summed E-state index contributed by atoms with van der Waals surface area (Å²) in [6.45, 7) is 4.09. The fourth-order valence-corrected chi connectivity index (χ4v) is 3.41. The van der Waals surface area contributed by atoms with E-state index < -0.39 is 12.0 Å². The molecule has 26 heavy (non-hydrogen) atoms. The molecule has 142 valence electrons. The van der Waals surface area contributed by atoms with Crippen molar-refractivity contribution in [1.82, 2.24) is 10.6 Å². The summed E-state index contributed by atoms with van der Waals surface area (Å²) < 4.78 is 15.9. The smallest absolute Gasteiger partial charge is 0.338 e. The van der Waals surface area contributed by atoms with Crippen LogP contribution in [0.5, 0.6) is 11.5 Å². The lowest BCUT2D eigenvalue weighted by atomic mass is 9.93. The number of benzene rings is 1. The van der Waals surface area contributed by atoms with Gasteiger partial charge in [0.25, 0.3) is 0 Å². The van der Waals surface area contributed by atoms with Crippen LogP contribution in [0, 0.1) is 0 Å². The van der Waals surface area contributed by atoms with E-state index in [0.29, 0.717) is 33.6 Å². The molecule has 1 aliphatic heterocycles. The van der Waals surface area contributed by atoms with Gasteiger partial charge in [-0.1, -0.05) is 24.9 Å². The maximum atomic E-state index is 12.6. The van der Waals surface area contributed by atoms with Crippen LogP contribution in [-0.2, 0) is 9.53 Å². The minimum Gasteiger partial charge on any atom is -0.493 e. The average molecular weight is 399 g/mol. The number of hydrogen-bond donors (Lipinski definition) is 2. The van der Waals surface area contributed by atoms with E-state index in [9.17, 15) is 4.79 Å². The molecule has 0 amide bonds. The largest absolute Gasteiger partial charge is 0.493 e. The first-order valence-corrected chi connectivity index (χ1v) is 9.14. The number of nitrogens with one attached hydrogen (secondary N) is 2. The third kappa shape index (κ3) is 4.22. The highest BCUT2D eigenvalue weighted by atomic mass is 35.5. The maximum Gasteiger partial charge on any atom is 0.338 e. The van der Waals surface area contributed by atoms with Crippen LogP contribution in [0.2, 0.25) is 5.02 Å². The van der Waals surface area contributed by atoms with Crippen LogP contribution in [0.4, 0.5) is 0 Å². The normalized spacial score (nSPS) is 16.7. The van der Waals surface area contributed by atoms with Gasteiger partial charge in [-0.05, 0) is 43.3 Å². The van der Waals surface area contributed by atoms with Gasteiger partial charge in [0, 0.05) is 5.70 Å². The number of allylic oxidation sites excluding steroid dienone is 1. The van der Waals surface area contributed by atoms with Crippen LogP contribution in [0.3, 0.4) is 0 Å². The Hall–Kier alpha value is -1.99. The Labute approximate surface area is 163 Å². The highest BCUT2D eigenvalue weighted by Gasteiger charge is 2.33. The minimum absolute atomic E-state index is 0.283. The second kappa shape index (κ2) is 9.09. The number of halogens is 1. The van der Waals surface area contributed by atoms with Crippen molar-refractivity contribution in [3.8, 4) is 11.5 Å². The molecule has 1 aromatic rings. The number of carbonyl (C=O) groups is 1. The second-order valence-corrected chi connectivity index (χ2v) is 6.45. The van der Waals surface area contributed by atoms with Gasteiger partial charge in [0.1, 0.15) is 0 Å². The number of esters is 1. The summed E-state index contributed by atoms with van der Waals surface area (Å²) >= 11 is 11.7. The topological polar surface area (TPSA) is 68.8 Å². The molecular formula is C18H23ClN2O4S. The van der Waals surface area contributed by atoms with Crippen molar-refractivity contribution >= 4 is 34.9 Å². The Bertz CT molecular complexity index is 736. The van der Waals surface area contributed by atoms with Crippen molar-refractivity contribution in [1.29, 1.82) is 0 Å². The number of methoxy groups -OCH3 is 2. The molecule has 0 saturated carbocycles. The predicted molar refractivity (Wildman–Crippen MR) is 105 cm³/mol. The first-order chi connectivity index (χ1) is 12.5. The van der Waals surface area contributed by atoms with Crippen LogP contribution in [0.25, 0.3) is 0 Å². The third-order valence-corrected chi connectivity index (χ3v) is 4.44. The van der Waals surface area contributed by atoms with Crippen molar-refractivity contribution < 1.29 is 19.0 Å². The molecule has 6 nitrogen and oxygen atoms in total. The van der Waals surface area contributed by atoms with Gasteiger partial charge in [0.05, 0.1) is 37.5 Å². The fourth-order valence-electron chi connectivity index (χ4n) is 2.87. The first kappa shape index (κ1) is 20.3. The summed E-state index contributed by atoms with van der Waals surface area (Å²) in [5.74, 6) is 0.515. The molecule has 0 saturated heterocycles. The van der Waals surface area contributed by atoms with E-state index in [0.717, 1.165) is 17.7 Å². The van der Waals surface area contributed by atoms with Crippen LogP contribution < -0.4 is 20.1 Å². The molecule has 0 aliphatic carbocycles. The summed E-state index contributed by atoms with van der Waals surface area (Å²) in [4.78, 5) is 12.6. The molecule has 1 atom stereocenters. The Kier molecular flexibility index (Phi) is 7.11. The van der Waals surface area contributed by atoms with E-state index in [1.165, 1.54) is 14.2 Å². The fraction of sp³-hybridized carbons (Fsp3) is 0.444. The standard InChI is InChI=1S/C18H23ClN2O4S/c1-5-7-12-14(17(22)25-6-2)15(21-18(26)20-12)10-8-11(19)16(24-4)13(9-10)23-3/h8-9,15H,5-7H2,1-4H3,(H2,20,21,26)/t15-/m0/s1. The molecular weight excluding hydrogens is 376 g/mol. The zero-order valence-electron chi connectivity index (χ0n) is 15.3. The van der Waals surface area contributed by atoms with Gasteiger partial charge in [0.15, 0.2) is 16.6 Å². The molecule has 0 radical (unpaired) electrons. The van der Waals surface area contributed by atoms with Crippen molar-refractivity contribution in [2.24, 2.45) is 0 Å². The monoisotopic (exact) mass is 398 g/mol. The number of rotatable bonds is 7. The molecule has 1 heterocycles. The van der Waals surface area contributed by atoms with Crippen LogP contribution in [-0.4, -0.2) is 31.9 Å². The molecule has 0 spiro atoms. The zero-order chi connectivity index (χ0) is 19.3. The maximum absolute atomic E-state index is 12.6. The second-order valence-electron chi connectivity index (χ2n) is 5.63. The molecule has 0 aromatic heterocycles. The van der Waals surface area contributed by atoms with E-state index >= 15 is 0 Å². The number of ether oxygens (including phenoxy) is 3. The van der Waals surface area contributed by atoms with Gasteiger partial charge in [0.2, 0.25) is 0 Å². The van der Waals surface area contributed by atoms with Crippen LogP contribution in [0.1, 0.15) is 38.3 Å². The van der Waals surface area contributed by atoms with Gasteiger partial charge in [-0.3, -0.25) is 0 Å². The van der Waals surface area contributed by atoms with Crippen molar-refractivity contribution in [3.05, 3.63) is 34.0 Å². The van der Waals surface area contributed by atoms with Crippen LogP contribution >= 0.6 is 23.8 Å². The number of carbonyl (C=O) groups excluding carboxylic acids is 1. The average Bonchev–Trinajstić information content (AvgIpc) is 2.60. The number of thiocarbonyl (C=S) groups is 1. The zero-order valence-corrected chi connectivity index (χ0v) is 16.8. The molecule has 0 unspecified atom stereocenters. The van der Waals surface area contributed by atoms with Gasteiger partial charge in [-0.15, -0.1) is 0 Å². The lowest BCUT2D eigenvalue weighted by Crippen LogP contribution is -2.45. The van der Waals surface area contributed by atoms with Crippen molar-refractivity contribution in [2.75, 3.05) is 20.8 Å². The molecule has 1 aliphatic rings. The highest BCUT2D eigenvalue weighted by Crippen LogP contribution is 2.40. The molecule has 0 fully saturated rings. The first-order valence-electron chi connectivity index (χ1n) is 8.35. The third-order valence-electron chi connectivity index (χ3n) is 3.94. The van der Waals surface area contributed by atoms with Gasteiger partial charge < -0.3 is 24.8 Å². The van der Waals surface area contributed by atoms with E-state index in [1.807, 2.05) is 6.92 Å². The van der Waals surface area contributed by atoms with Gasteiger partial charge in [-0.25, -0.2) is 4.79 Å². The molecule has 2 N–H and O–H groups in total. The molecule has 8 heteroatoms. The molecule has 2 rings (SSSR count). The van der Waals surface area contributed by atoms with Crippen LogP contribution in [0.15, 0.2) is 23.4 Å². The Morgan fingerprint density at radius 3 is 2.58 bits per heavy atom. The quantitative estimate of drug-likeness (QED) is 0.538. The minimum atomic E-state index is -0.498. The predicted octanol–water partition coefficient (Wildman–Crippen LogP) is 3.49. The summed E-state index contributed by atoms with van der Waals surface area (Å²) in [5, 5.41) is 7.04. The van der Waals surface area contributed by atoms with Crippen molar-refractivity contribution in [2.45, 2.75) is 32.7 Å². The van der Waals surface area contributed by atoms with E-state index in [2.05, 4.69) is 10.6 Å². The summed E-state index contributed by atoms with van der Waals surface area (Å²) in [5.41, 5.74) is 1.98. The Morgan fingerprint density at radius 1 is 1.27 bits per heavy atom. The SMILES string of the molecule is CCCC1=C(C(=O)OCC)[C@H](c2cc(Cl)c(OC)c(OC)c2)NC(=S)N1. The Balaban J connectivity index is 2.60. The lowest BCUT2D eigenvalue weighted by molar-refractivity contribution is -0.139. The summed E-state index contributed by atoms with van der Waals surface area (Å²) in [6, 6.07) is 3.01. The van der Waals surface area contributed by atoms with Gasteiger partial charge in [-0.2, -0.15) is 0 Å². The molecule has 1 aromatic carbocycles. The number of hydrogen-bond acceptors (Lipinski definition) is 5. The Morgan fingerprint density at radius 2 is 2.00 bits per heavy atom. The van der Waals surface area contributed by atoms with Gasteiger partial charge >= 0.3 is 5.97 Å². The summed E-state index contributed by atoms with van der Waals surface area (Å²) in [7, 11) is 3.05. The van der Waals surface area contributed by atoms with Crippen molar-refractivity contribution in [3.63, 3.8) is 0 Å². The summed E-state index contributed by atoms with van der Waals surface area (Å²) in [6.07, 6.45) is 1.53. The lowest BCUT2D eigenvalue weighted by Gasteiger charge is -2.31. The molecule has 0 bridgehead atoms. The van der Waals surface area contributed by atoms with E-state index in [4.69, 9.17) is 38.0 Å².